The molecule has 0 aromatic heterocycles. The number of rotatable bonds is 6. The fourth-order valence-electron chi connectivity index (χ4n) is 4.58. The van der Waals surface area contributed by atoms with Crippen molar-refractivity contribution in [3.8, 4) is 0 Å². The van der Waals surface area contributed by atoms with Crippen molar-refractivity contribution in [1.82, 2.24) is 0 Å². The van der Waals surface area contributed by atoms with Gasteiger partial charge >= 0.3 is 0 Å². The van der Waals surface area contributed by atoms with Gasteiger partial charge in [0.25, 0.3) is 0 Å². The molecule has 0 bridgehead atoms. The molecule has 2 aromatic carbocycles. The van der Waals surface area contributed by atoms with Gasteiger partial charge in [-0.25, -0.2) is 0 Å². The Morgan fingerprint density at radius 2 is 1.25 bits per heavy atom. The number of benzene rings is 2. The molecule has 1 nitrogen and oxygen atoms in total. The Bertz CT molecular complexity index is 779. The topological polar surface area (TPSA) is 17.1 Å². The second-order valence-corrected chi connectivity index (χ2v) is 9.61. The van der Waals surface area contributed by atoms with Gasteiger partial charge in [-0.1, -0.05) is 129 Å². The van der Waals surface area contributed by atoms with E-state index >= 15 is 0 Å². The zero-order chi connectivity index (χ0) is 27.2. The Morgan fingerprint density at radius 3 is 1.75 bits per heavy atom. The van der Waals surface area contributed by atoms with E-state index in [1.165, 1.54) is 94.6 Å². The first kappa shape index (κ1) is 34.1. The van der Waals surface area contributed by atoms with Crippen LogP contribution in [-0.4, -0.2) is 5.78 Å². The fourth-order valence-corrected chi connectivity index (χ4v) is 4.58. The number of carbonyl (C=O) groups is 1. The summed E-state index contributed by atoms with van der Waals surface area (Å²) in [5.74, 6) is 1.11. The van der Waals surface area contributed by atoms with E-state index in [1.807, 2.05) is 39.8 Å². The molecular weight excluding hydrogens is 436 g/mol. The molecular formula is C35H58O. The fraction of sp³-hybridized carbons (Fsp3) is 0.629. The van der Waals surface area contributed by atoms with Crippen molar-refractivity contribution < 1.29 is 4.79 Å². The van der Waals surface area contributed by atoms with Gasteiger partial charge in [0.1, 0.15) is 0 Å². The zero-order valence-corrected chi connectivity index (χ0v) is 25.2. The molecule has 0 atom stereocenters. The van der Waals surface area contributed by atoms with E-state index in [4.69, 9.17) is 0 Å². The minimum atomic E-state index is 0.155. The maximum Gasteiger partial charge on any atom is 0.159 e. The number of aryl methyl sites for hydroxylation is 4. The van der Waals surface area contributed by atoms with Crippen molar-refractivity contribution in [3.63, 3.8) is 0 Å². The van der Waals surface area contributed by atoms with Crippen LogP contribution in [0.15, 0.2) is 42.5 Å². The predicted octanol–water partition coefficient (Wildman–Crippen LogP) is 11.0. The Morgan fingerprint density at radius 1 is 0.722 bits per heavy atom. The molecule has 0 heterocycles. The molecule has 0 radical (unpaired) electrons. The standard InChI is InChI=1S/C15H20O.C12H16.C4H10.2C2H6/c1-12(16)15-10-8-14(9-11-15)7-6-13-4-2-3-5-13;1-2-10-7-8-11-5-3-4-6-12(11)9-10;1-3-4-2;2*1-2/h8-11,13H,2-7H2,1H3;7-9H,2-6H2,1H3;3-4H2,1-2H3;2*1-2H3. The van der Waals surface area contributed by atoms with Gasteiger partial charge in [-0.05, 0) is 80.0 Å². The van der Waals surface area contributed by atoms with E-state index in [-0.39, 0.29) is 5.78 Å². The van der Waals surface area contributed by atoms with Gasteiger partial charge in [0.15, 0.2) is 5.78 Å². The molecule has 0 aliphatic heterocycles. The van der Waals surface area contributed by atoms with Crippen molar-refractivity contribution in [2.75, 3.05) is 0 Å². The normalized spacial score (nSPS) is 13.8. The van der Waals surface area contributed by atoms with E-state index in [1.54, 1.807) is 18.1 Å². The van der Waals surface area contributed by atoms with Gasteiger partial charge < -0.3 is 0 Å². The molecule has 4 rings (SSSR count). The summed E-state index contributed by atoms with van der Waals surface area (Å²) in [5, 5.41) is 0. The minimum absolute atomic E-state index is 0.155. The van der Waals surface area contributed by atoms with Gasteiger partial charge in [0.2, 0.25) is 0 Å². The molecule has 1 fully saturated rings. The molecule has 1 heteroatoms. The lowest BCUT2D eigenvalue weighted by atomic mass is 9.90. The molecule has 36 heavy (non-hydrogen) atoms. The van der Waals surface area contributed by atoms with Crippen molar-refractivity contribution >= 4 is 5.78 Å². The van der Waals surface area contributed by atoms with Gasteiger partial charge in [-0.15, -0.1) is 0 Å². The van der Waals surface area contributed by atoms with Crippen LogP contribution in [0.3, 0.4) is 0 Å². The van der Waals surface area contributed by atoms with Gasteiger partial charge in [-0.3, -0.25) is 4.79 Å². The summed E-state index contributed by atoms with van der Waals surface area (Å²) in [4.78, 5) is 11.1. The van der Waals surface area contributed by atoms with Crippen LogP contribution in [0.1, 0.15) is 146 Å². The van der Waals surface area contributed by atoms with Crippen LogP contribution in [0.4, 0.5) is 0 Å². The summed E-state index contributed by atoms with van der Waals surface area (Å²) in [6.45, 7) is 16.2. The van der Waals surface area contributed by atoms with E-state index in [9.17, 15) is 4.79 Å². The first-order valence-corrected chi connectivity index (χ1v) is 15.3. The number of hydrogen-bond donors (Lipinski definition) is 0. The first-order valence-electron chi connectivity index (χ1n) is 15.3. The first-order chi connectivity index (χ1) is 17.6. The molecule has 0 saturated heterocycles. The lowest BCUT2D eigenvalue weighted by molar-refractivity contribution is 0.101. The smallest absolute Gasteiger partial charge is 0.159 e. The average Bonchev–Trinajstić information content (AvgIpc) is 3.48. The third-order valence-corrected chi connectivity index (χ3v) is 7.00. The molecule has 204 valence electrons. The number of hydrogen-bond acceptors (Lipinski definition) is 1. The number of ketones is 1. The predicted molar refractivity (Wildman–Crippen MR) is 162 cm³/mol. The average molecular weight is 495 g/mol. The largest absolute Gasteiger partial charge is 0.295 e. The summed E-state index contributed by atoms with van der Waals surface area (Å²) in [7, 11) is 0. The van der Waals surface area contributed by atoms with Crippen LogP contribution < -0.4 is 0 Å². The summed E-state index contributed by atoms with van der Waals surface area (Å²) >= 11 is 0. The molecule has 2 aliphatic rings. The molecule has 0 spiro atoms. The van der Waals surface area contributed by atoms with E-state index in [2.05, 4.69) is 51.1 Å². The van der Waals surface area contributed by atoms with Crippen molar-refractivity contribution in [2.24, 2.45) is 5.92 Å². The lowest BCUT2D eigenvalue weighted by Crippen LogP contribution is -2.02. The van der Waals surface area contributed by atoms with Crippen molar-refractivity contribution in [1.29, 1.82) is 0 Å². The summed E-state index contributed by atoms with van der Waals surface area (Å²) in [5.41, 5.74) is 6.90. The highest BCUT2D eigenvalue weighted by Gasteiger charge is 2.14. The SMILES string of the molecule is CC.CC.CC(=O)c1ccc(CCC2CCCC2)cc1.CCCC.CCc1ccc2c(c1)CCCC2. The number of unbranched alkanes of at least 4 members (excludes halogenated alkanes) is 1. The lowest BCUT2D eigenvalue weighted by Gasteiger charge is -2.15. The molecule has 2 aliphatic carbocycles. The molecule has 0 amide bonds. The third-order valence-electron chi connectivity index (χ3n) is 7.00. The third kappa shape index (κ3) is 14.0. The van der Waals surface area contributed by atoms with Crippen LogP contribution in [0.25, 0.3) is 0 Å². The Balaban J connectivity index is 0.000000540. The monoisotopic (exact) mass is 494 g/mol. The van der Waals surface area contributed by atoms with Crippen molar-refractivity contribution in [3.05, 3.63) is 70.3 Å². The van der Waals surface area contributed by atoms with Gasteiger partial charge in [0, 0.05) is 5.56 Å². The van der Waals surface area contributed by atoms with E-state index in [0.717, 1.165) is 11.5 Å². The maximum absolute atomic E-state index is 11.1. The summed E-state index contributed by atoms with van der Waals surface area (Å²) in [6.07, 6.45) is 17.4. The Hall–Kier alpha value is -1.89. The minimum Gasteiger partial charge on any atom is -0.295 e. The summed E-state index contributed by atoms with van der Waals surface area (Å²) < 4.78 is 0. The molecule has 0 unspecified atom stereocenters. The number of Topliss-reactive ketones (excluding diaryl/α,β-unsaturated/α-hetero) is 1. The Labute approximate surface area is 225 Å². The quantitative estimate of drug-likeness (QED) is 0.365. The van der Waals surface area contributed by atoms with Gasteiger partial charge in [0.05, 0.1) is 0 Å². The number of fused-ring (bicyclic) bond motifs is 1. The second kappa shape index (κ2) is 22.3. The van der Waals surface area contributed by atoms with Crippen LogP contribution in [0.2, 0.25) is 0 Å². The summed E-state index contributed by atoms with van der Waals surface area (Å²) in [6, 6.07) is 15.1. The van der Waals surface area contributed by atoms with Gasteiger partial charge in [-0.2, -0.15) is 0 Å². The molecule has 2 aromatic rings. The molecule has 1 saturated carbocycles. The zero-order valence-electron chi connectivity index (χ0n) is 25.2. The molecule has 0 N–H and O–H groups in total. The van der Waals surface area contributed by atoms with E-state index in [0.29, 0.717) is 0 Å². The highest BCUT2D eigenvalue weighted by atomic mass is 16.1. The highest BCUT2D eigenvalue weighted by Crippen LogP contribution is 2.28. The Kier molecular flexibility index (Phi) is 21.1. The van der Waals surface area contributed by atoms with Crippen LogP contribution >= 0.6 is 0 Å². The highest BCUT2D eigenvalue weighted by molar-refractivity contribution is 5.93. The second-order valence-electron chi connectivity index (χ2n) is 9.61. The van der Waals surface area contributed by atoms with E-state index < -0.39 is 0 Å². The maximum atomic E-state index is 11.1. The number of carbonyl (C=O) groups excluding carboxylic acids is 1. The van der Waals surface area contributed by atoms with Crippen LogP contribution in [0.5, 0.6) is 0 Å². The van der Waals surface area contributed by atoms with Crippen LogP contribution in [0, 0.1) is 5.92 Å². The van der Waals surface area contributed by atoms with Crippen LogP contribution in [-0.2, 0) is 25.7 Å². The van der Waals surface area contributed by atoms with Crippen molar-refractivity contribution in [2.45, 2.75) is 139 Å².